The number of nitrogens with one attached hydrogen (secondary N) is 2. The van der Waals surface area contributed by atoms with Crippen molar-refractivity contribution in [2.24, 2.45) is 0 Å². The summed E-state index contributed by atoms with van der Waals surface area (Å²) in [5, 5.41) is 14.0. The lowest BCUT2D eigenvalue weighted by Crippen LogP contribution is -2.50. The fourth-order valence-corrected chi connectivity index (χ4v) is 0.865. The normalized spacial score (nSPS) is 14.4. The number of hydrogen-bond acceptors (Lipinski definition) is 3. The van der Waals surface area contributed by atoms with Gasteiger partial charge in [-0.15, -0.1) is 0 Å². The maximum Gasteiger partial charge on any atom is 0.245 e. The summed E-state index contributed by atoms with van der Waals surface area (Å²) in [6.07, 6.45) is 0.337. The largest absolute Gasteiger partial charge is 0.391 e. The number of carbonyl (C=O) groups excluding carboxylic acids is 2. The molecule has 2 amide bonds. The van der Waals surface area contributed by atoms with Crippen LogP contribution in [0.25, 0.3) is 0 Å². The molecule has 0 aliphatic carbocycles. The second-order valence-electron chi connectivity index (χ2n) is 2.79. The Morgan fingerprint density at radius 1 is 1.62 bits per heavy atom. The number of aliphatic hydroxyl groups is 1. The van der Waals surface area contributed by atoms with Crippen LogP contribution >= 0.6 is 0 Å². The van der Waals surface area contributed by atoms with E-state index in [9.17, 15) is 9.59 Å². The molecule has 0 bridgehead atoms. The lowest BCUT2D eigenvalue weighted by Gasteiger charge is -2.17. The average molecular weight is 188 g/mol. The Kier molecular flexibility index (Phi) is 5.88. The third-order valence-electron chi connectivity index (χ3n) is 1.56. The summed E-state index contributed by atoms with van der Waals surface area (Å²) in [5.41, 5.74) is 0. The van der Waals surface area contributed by atoms with Crippen LogP contribution in [0.1, 0.15) is 20.3 Å². The van der Waals surface area contributed by atoms with Crippen molar-refractivity contribution in [2.75, 3.05) is 6.54 Å². The third kappa shape index (κ3) is 4.47. The minimum absolute atomic E-state index is 0.357. The monoisotopic (exact) mass is 188 g/mol. The molecule has 0 fully saturated rings. The zero-order valence-electron chi connectivity index (χ0n) is 7.91. The molecule has 0 aromatic rings. The number of rotatable bonds is 6. The van der Waals surface area contributed by atoms with Gasteiger partial charge in [-0.3, -0.25) is 9.59 Å². The molecular weight excluding hydrogens is 172 g/mol. The third-order valence-corrected chi connectivity index (χ3v) is 1.56. The van der Waals surface area contributed by atoms with E-state index in [1.54, 1.807) is 0 Å². The van der Waals surface area contributed by atoms with Gasteiger partial charge in [-0.05, 0) is 13.3 Å². The van der Waals surface area contributed by atoms with Gasteiger partial charge in [-0.2, -0.15) is 0 Å². The van der Waals surface area contributed by atoms with E-state index in [0.29, 0.717) is 13.0 Å². The predicted molar refractivity (Wildman–Crippen MR) is 48.0 cm³/mol. The highest BCUT2D eigenvalue weighted by atomic mass is 16.3. The molecule has 0 aliphatic heterocycles. The van der Waals surface area contributed by atoms with Crippen LogP contribution in [0.5, 0.6) is 0 Å². The van der Waals surface area contributed by atoms with Gasteiger partial charge >= 0.3 is 0 Å². The van der Waals surface area contributed by atoms with Crippen molar-refractivity contribution < 1.29 is 14.7 Å². The summed E-state index contributed by atoms with van der Waals surface area (Å²) in [5.74, 6) is -0.357. The van der Waals surface area contributed by atoms with Gasteiger partial charge in [0.05, 0.1) is 6.10 Å². The lowest BCUT2D eigenvalue weighted by atomic mass is 10.1. The zero-order chi connectivity index (χ0) is 10.3. The Bertz CT molecular complexity index is 171. The van der Waals surface area contributed by atoms with Crippen LogP contribution in [0.3, 0.4) is 0 Å². The molecular formula is C8H16N2O3. The van der Waals surface area contributed by atoms with Crippen LogP contribution in [0.2, 0.25) is 0 Å². The zero-order valence-corrected chi connectivity index (χ0v) is 7.91. The molecule has 5 nitrogen and oxygen atoms in total. The highest BCUT2D eigenvalue weighted by Crippen LogP contribution is 1.91. The minimum Gasteiger partial charge on any atom is -0.391 e. The molecule has 0 saturated heterocycles. The van der Waals surface area contributed by atoms with Crippen LogP contribution in [0, 0.1) is 0 Å². The molecule has 2 atom stereocenters. The van der Waals surface area contributed by atoms with Crippen molar-refractivity contribution in [1.82, 2.24) is 10.6 Å². The van der Waals surface area contributed by atoms with Crippen LogP contribution in [-0.2, 0) is 9.59 Å². The smallest absolute Gasteiger partial charge is 0.245 e. The topological polar surface area (TPSA) is 78.4 Å². The van der Waals surface area contributed by atoms with Gasteiger partial charge in [0.25, 0.3) is 0 Å². The Morgan fingerprint density at radius 2 is 2.23 bits per heavy atom. The van der Waals surface area contributed by atoms with E-state index in [0.717, 1.165) is 6.42 Å². The number of amides is 2. The van der Waals surface area contributed by atoms with E-state index < -0.39 is 12.1 Å². The molecule has 5 heteroatoms. The number of hydrogen-bond donors (Lipinski definition) is 3. The van der Waals surface area contributed by atoms with Crippen molar-refractivity contribution in [3.8, 4) is 0 Å². The Morgan fingerprint density at radius 3 is 2.62 bits per heavy atom. The van der Waals surface area contributed by atoms with Gasteiger partial charge in [0.1, 0.15) is 6.04 Å². The first-order chi connectivity index (χ1) is 6.13. The summed E-state index contributed by atoms with van der Waals surface area (Å²) in [7, 11) is 0. The van der Waals surface area contributed by atoms with Gasteiger partial charge in [0, 0.05) is 6.54 Å². The Hall–Kier alpha value is -1.10. The van der Waals surface area contributed by atoms with E-state index in [4.69, 9.17) is 5.11 Å². The molecule has 0 saturated carbocycles. The summed E-state index contributed by atoms with van der Waals surface area (Å²) >= 11 is 0. The molecule has 0 aromatic carbocycles. The molecule has 0 aromatic heterocycles. The van der Waals surface area contributed by atoms with Crippen LogP contribution in [0.4, 0.5) is 0 Å². The summed E-state index contributed by atoms with van der Waals surface area (Å²) in [6, 6.07) is -0.857. The van der Waals surface area contributed by atoms with Crippen LogP contribution in [0.15, 0.2) is 0 Å². The summed E-state index contributed by atoms with van der Waals surface area (Å²) in [6.45, 7) is 3.92. The van der Waals surface area contributed by atoms with Gasteiger partial charge in [0.15, 0.2) is 0 Å². The molecule has 3 N–H and O–H groups in total. The molecule has 76 valence electrons. The van der Waals surface area contributed by atoms with Crippen molar-refractivity contribution in [3.05, 3.63) is 0 Å². The lowest BCUT2D eigenvalue weighted by molar-refractivity contribution is -0.127. The first-order valence-corrected chi connectivity index (χ1v) is 4.29. The fourth-order valence-electron chi connectivity index (χ4n) is 0.865. The Labute approximate surface area is 77.5 Å². The maximum absolute atomic E-state index is 11.2. The predicted octanol–water partition coefficient (Wildman–Crippen LogP) is -0.992. The average Bonchev–Trinajstić information content (AvgIpc) is 2.09. The second-order valence-corrected chi connectivity index (χ2v) is 2.79. The molecule has 0 radical (unpaired) electrons. The second kappa shape index (κ2) is 6.42. The van der Waals surface area contributed by atoms with E-state index in [2.05, 4.69) is 10.6 Å². The van der Waals surface area contributed by atoms with E-state index in [1.807, 2.05) is 6.92 Å². The van der Waals surface area contributed by atoms with Crippen molar-refractivity contribution in [3.63, 3.8) is 0 Å². The van der Waals surface area contributed by atoms with E-state index >= 15 is 0 Å². The summed E-state index contributed by atoms with van der Waals surface area (Å²) in [4.78, 5) is 21.3. The van der Waals surface area contributed by atoms with Gasteiger partial charge in [-0.25, -0.2) is 0 Å². The molecule has 0 unspecified atom stereocenters. The van der Waals surface area contributed by atoms with Crippen LogP contribution in [-0.4, -0.2) is 36.1 Å². The van der Waals surface area contributed by atoms with Crippen molar-refractivity contribution in [1.29, 1.82) is 0 Å². The van der Waals surface area contributed by atoms with Crippen LogP contribution < -0.4 is 10.6 Å². The van der Waals surface area contributed by atoms with Gasteiger partial charge in [-0.1, -0.05) is 6.92 Å². The highest BCUT2D eigenvalue weighted by molar-refractivity contribution is 5.84. The first-order valence-electron chi connectivity index (χ1n) is 4.29. The van der Waals surface area contributed by atoms with Gasteiger partial charge < -0.3 is 15.7 Å². The standard InChI is InChI=1S/C8H16N2O3/c1-3-4-9-8(13)7(6(2)12)10-5-11/h5-7,12H,3-4H2,1-2H3,(H,9,13)(H,10,11)/t6-,7+/m1/s1. The Balaban J connectivity index is 4.03. The minimum atomic E-state index is -0.887. The van der Waals surface area contributed by atoms with Crippen molar-refractivity contribution in [2.45, 2.75) is 32.4 Å². The van der Waals surface area contributed by atoms with Crippen molar-refractivity contribution >= 4 is 12.3 Å². The number of carbonyl (C=O) groups is 2. The first kappa shape index (κ1) is 11.9. The summed E-state index contributed by atoms with van der Waals surface area (Å²) < 4.78 is 0. The molecule has 13 heavy (non-hydrogen) atoms. The molecule has 0 heterocycles. The molecule has 0 rings (SSSR count). The highest BCUT2D eigenvalue weighted by Gasteiger charge is 2.21. The quantitative estimate of drug-likeness (QED) is 0.468. The maximum atomic E-state index is 11.2. The molecule has 0 spiro atoms. The van der Waals surface area contributed by atoms with E-state index in [-0.39, 0.29) is 5.91 Å². The fraction of sp³-hybridized carbons (Fsp3) is 0.750. The SMILES string of the molecule is CCCNC(=O)[C@@H](NC=O)[C@@H](C)O. The van der Waals surface area contributed by atoms with E-state index in [1.165, 1.54) is 6.92 Å². The number of aliphatic hydroxyl groups excluding tert-OH is 1. The van der Waals surface area contributed by atoms with Gasteiger partial charge in [0.2, 0.25) is 12.3 Å². The molecule has 0 aliphatic rings.